The van der Waals surface area contributed by atoms with E-state index in [2.05, 4.69) is 15.9 Å². The van der Waals surface area contributed by atoms with Gasteiger partial charge in [-0.05, 0) is 24.1 Å². The van der Waals surface area contributed by atoms with E-state index in [0.717, 1.165) is 16.5 Å². The number of pyridine rings is 1. The number of carbonyl (C=O) groups is 3. The lowest BCUT2D eigenvalue weighted by molar-refractivity contribution is -0.168. The van der Waals surface area contributed by atoms with Crippen molar-refractivity contribution in [2.45, 2.75) is 32.1 Å². The van der Waals surface area contributed by atoms with Crippen LogP contribution in [0.3, 0.4) is 0 Å². The molecule has 0 aliphatic carbocycles. The molecular weight excluding hydrogens is 492 g/mol. The molecule has 3 aliphatic heterocycles. The number of aromatic nitrogens is 1. The van der Waals surface area contributed by atoms with Crippen molar-refractivity contribution in [3.05, 3.63) is 58.8 Å². The number of nitrogens with zero attached hydrogens (tertiary/aromatic N) is 2. The number of amides is 1. The van der Waals surface area contributed by atoms with E-state index in [1.165, 1.54) is 0 Å². The van der Waals surface area contributed by atoms with Gasteiger partial charge in [0.25, 0.3) is 5.91 Å². The van der Waals surface area contributed by atoms with Gasteiger partial charge in [-0.15, -0.1) is 0 Å². The lowest BCUT2D eigenvalue weighted by Crippen LogP contribution is -2.34. The van der Waals surface area contributed by atoms with Crippen molar-refractivity contribution in [2.24, 2.45) is 5.92 Å². The number of aliphatic hydroxyl groups excluding tert-OH is 1. The van der Waals surface area contributed by atoms with E-state index < -0.39 is 24.0 Å². The number of alkyl halides is 1. The van der Waals surface area contributed by atoms with Gasteiger partial charge in [-0.1, -0.05) is 40.2 Å². The maximum Gasteiger partial charge on any atom is 0.348 e. The summed E-state index contributed by atoms with van der Waals surface area (Å²) in [6, 6.07) is 7.49. The maximum absolute atomic E-state index is 13.4. The van der Waals surface area contributed by atoms with Crippen LogP contribution in [0, 0.1) is 5.92 Å². The van der Waals surface area contributed by atoms with Crippen LogP contribution in [0.4, 0.5) is 0 Å². The van der Waals surface area contributed by atoms with Crippen molar-refractivity contribution >= 4 is 50.4 Å². The van der Waals surface area contributed by atoms with E-state index in [4.69, 9.17) is 14.5 Å². The zero-order chi connectivity index (χ0) is 23.1. The summed E-state index contributed by atoms with van der Waals surface area (Å²) in [7, 11) is 0. The first-order chi connectivity index (χ1) is 16.0. The number of carbonyl (C=O) groups excluding carboxylic acids is 3. The van der Waals surface area contributed by atoms with Crippen molar-refractivity contribution < 1.29 is 29.0 Å². The van der Waals surface area contributed by atoms with Crippen molar-refractivity contribution in [3.8, 4) is 0 Å². The van der Waals surface area contributed by atoms with E-state index in [1.54, 1.807) is 17.1 Å². The van der Waals surface area contributed by atoms with E-state index >= 15 is 0 Å². The maximum atomic E-state index is 13.4. The molecule has 0 saturated carbocycles. The largest absolute Gasteiger partial charge is 0.458 e. The molecule has 1 N–H and O–H groups in total. The van der Waals surface area contributed by atoms with Crippen LogP contribution in [-0.2, 0) is 37.0 Å². The topological polar surface area (TPSA) is 106 Å². The second-order valence-electron chi connectivity index (χ2n) is 8.12. The number of aliphatic hydroxyl groups is 1. The van der Waals surface area contributed by atoms with E-state index in [0.29, 0.717) is 34.2 Å². The number of cyclic esters (lactones) is 1. The van der Waals surface area contributed by atoms with Crippen LogP contribution in [0.1, 0.15) is 29.7 Å². The second-order valence-corrected chi connectivity index (χ2v) is 8.91. The van der Waals surface area contributed by atoms with E-state index in [9.17, 15) is 19.5 Å². The molecule has 1 aromatic heterocycles. The molecule has 170 valence electrons. The van der Waals surface area contributed by atoms with Gasteiger partial charge in [-0.2, -0.15) is 0 Å². The molecule has 9 heteroatoms. The van der Waals surface area contributed by atoms with Crippen molar-refractivity contribution in [1.82, 2.24) is 9.88 Å². The van der Waals surface area contributed by atoms with Crippen LogP contribution in [-0.4, -0.2) is 50.9 Å². The summed E-state index contributed by atoms with van der Waals surface area (Å²) in [4.78, 5) is 44.7. The summed E-state index contributed by atoms with van der Waals surface area (Å²) >= 11 is 3.28. The predicted molar refractivity (Wildman–Crippen MR) is 122 cm³/mol. The van der Waals surface area contributed by atoms with Gasteiger partial charge >= 0.3 is 11.9 Å². The summed E-state index contributed by atoms with van der Waals surface area (Å²) in [5.41, 5.74) is 3.65. The van der Waals surface area contributed by atoms with Gasteiger partial charge in [0.15, 0.2) is 0 Å². The molecule has 2 unspecified atom stereocenters. The molecule has 1 aromatic carbocycles. The Bertz CT molecular complexity index is 1240. The van der Waals surface area contributed by atoms with Gasteiger partial charge in [0, 0.05) is 28.6 Å². The summed E-state index contributed by atoms with van der Waals surface area (Å²) in [6.07, 6.45) is 2.94. The van der Waals surface area contributed by atoms with Crippen LogP contribution < -0.4 is 0 Å². The fourth-order valence-corrected chi connectivity index (χ4v) is 4.80. The number of hydrogen-bond acceptors (Lipinski definition) is 7. The number of esters is 2. The SMILES string of the molecule is O=C(CCCBr)OC1C(=O)OCC2=CC1C=C1c3nc4ccccc4c(CO)c3CN1C2=O. The average molecular weight is 513 g/mol. The van der Waals surface area contributed by atoms with Crippen LogP contribution in [0.5, 0.6) is 0 Å². The number of rotatable bonds is 5. The second kappa shape index (κ2) is 8.72. The standard InChI is InChI=1S/C24H21BrN2O6/c25-7-3-6-20(29)33-22-13-8-14(12-32-24(22)31)23(30)27-10-16-17(11-28)15-4-1-2-5-18(15)26-21(16)19(27)9-13/h1-2,4-5,8-9,13,22,28H,3,6-7,10-12H2. The minimum absolute atomic E-state index is 0.163. The molecule has 0 fully saturated rings. The van der Waals surface area contributed by atoms with Crippen LogP contribution >= 0.6 is 15.9 Å². The zero-order valence-corrected chi connectivity index (χ0v) is 19.2. The molecule has 0 saturated heterocycles. The molecule has 5 rings (SSSR count). The molecular formula is C24H21BrN2O6. The number of halogens is 1. The summed E-state index contributed by atoms with van der Waals surface area (Å²) in [5.74, 6) is -2.16. The minimum atomic E-state index is -1.19. The molecule has 1 amide bonds. The molecule has 2 atom stereocenters. The number of hydrogen-bond donors (Lipinski definition) is 1. The third-order valence-electron chi connectivity index (χ3n) is 6.11. The normalized spacial score (nSPS) is 21.5. The first-order valence-electron chi connectivity index (χ1n) is 10.7. The average Bonchev–Trinajstić information content (AvgIpc) is 3.02. The number of para-hydroxylation sites is 1. The molecule has 33 heavy (non-hydrogen) atoms. The molecule has 0 spiro atoms. The van der Waals surface area contributed by atoms with Gasteiger partial charge in [0.1, 0.15) is 6.61 Å². The molecule has 8 nitrogen and oxygen atoms in total. The molecule has 2 aromatic rings. The van der Waals surface area contributed by atoms with Gasteiger partial charge in [0.2, 0.25) is 6.10 Å². The van der Waals surface area contributed by atoms with Gasteiger partial charge in [-0.25, -0.2) is 9.78 Å². The fraction of sp³-hybridized carbons (Fsp3) is 0.333. The van der Waals surface area contributed by atoms with E-state index in [1.807, 2.05) is 24.3 Å². The van der Waals surface area contributed by atoms with Gasteiger partial charge in [-0.3, -0.25) is 9.59 Å². The summed E-state index contributed by atoms with van der Waals surface area (Å²) in [5, 5.41) is 11.6. The van der Waals surface area contributed by atoms with Gasteiger partial charge < -0.3 is 19.5 Å². The summed E-state index contributed by atoms with van der Waals surface area (Å²) < 4.78 is 10.8. The smallest absolute Gasteiger partial charge is 0.348 e. The minimum Gasteiger partial charge on any atom is -0.458 e. The van der Waals surface area contributed by atoms with Gasteiger partial charge in [0.05, 0.1) is 35.6 Å². The fourth-order valence-electron chi connectivity index (χ4n) is 4.52. The van der Waals surface area contributed by atoms with Crippen molar-refractivity contribution in [2.75, 3.05) is 11.9 Å². The third kappa shape index (κ3) is 3.75. The highest BCUT2D eigenvalue weighted by Gasteiger charge is 2.42. The monoisotopic (exact) mass is 512 g/mol. The lowest BCUT2D eigenvalue weighted by atomic mass is 9.97. The van der Waals surface area contributed by atoms with Crippen LogP contribution in [0.2, 0.25) is 0 Å². The van der Waals surface area contributed by atoms with Crippen molar-refractivity contribution in [1.29, 1.82) is 0 Å². The number of benzene rings is 1. The van der Waals surface area contributed by atoms with Crippen molar-refractivity contribution in [3.63, 3.8) is 0 Å². The first-order valence-corrected chi connectivity index (χ1v) is 11.8. The predicted octanol–water partition coefficient (Wildman–Crippen LogP) is 2.61. The Kier molecular flexibility index (Phi) is 5.76. The summed E-state index contributed by atoms with van der Waals surface area (Å²) in [6.45, 7) is -0.135. The molecule has 0 radical (unpaired) electrons. The van der Waals surface area contributed by atoms with Crippen LogP contribution in [0.15, 0.2) is 42.0 Å². The Morgan fingerprint density at radius 1 is 1.27 bits per heavy atom. The highest BCUT2D eigenvalue weighted by Crippen LogP contribution is 2.41. The Balaban J connectivity index is 1.61. The number of ether oxygens (including phenoxy) is 2. The van der Waals surface area contributed by atoms with E-state index in [-0.39, 0.29) is 32.1 Å². The molecule has 4 heterocycles. The Morgan fingerprint density at radius 3 is 2.88 bits per heavy atom. The first kappa shape index (κ1) is 21.8. The Hall–Kier alpha value is -3.04. The Morgan fingerprint density at radius 2 is 2.09 bits per heavy atom. The molecule has 3 aliphatic rings. The number of fused-ring (bicyclic) bond motifs is 5. The lowest BCUT2D eigenvalue weighted by Gasteiger charge is -2.22. The zero-order valence-electron chi connectivity index (χ0n) is 17.6. The quantitative estimate of drug-likeness (QED) is 0.484. The molecule has 2 bridgehead atoms. The Labute approximate surface area is 198 Å². The third-order valence-corrected chi connectivity index (χ3v) is 6.67. The highest BCUT2D eigenvalue weighted by molar-refractivity contribution is 9.09. The highest BCUT2D eigenvalue weighted by atomic mass is 79.9. The van der Waals surface area contributed by atoms with Crippen LogP contribution in [0.25, 0.3) is 16.6 Å².